The van der Waals surface area contributed by atoms with Crippen LogP contribution in [0, 0.1) is 11.3 Å². The number of nitriles is 1. The minimum atomic E-state index is 0.500. The highest BCUT2D eigenvalue weighted by atomic mass is 16.3. The van der Waals surface area contributed by atoms with Crippen LogP contribution in [-0.2, 0) is 0 Å². The first-order chi connectivity index (χ1) is 25.7. The fraction of sp³-hybridized carbons (Fsp3) is 0. The summed E-state index contributed by atoms with van der Waals surface area (Å²) in [5.41, 5.74) is 9.93. The quantitative estimate of drug-likeness (QED) is 0.183. The minimum absolute atomic E-state index is 0.500. The SMILES string of the molecule is N#Cc1cccc2oc3cccc(-c4nc(-c5ccc(-c6ccccc6)cc5)nc(-c5ccc6c(c5)c5ccccc5n6-c5ccccc5)n4)c3c12. The summed E-state index contributed by atoms with van der Waals surface area (Å²) in [4.78, 5) is 15.4. The Morgan fingerprint density at radius 1 is 0.462 bits per heavy atom. The lowest BCUT2D eigenvalue weighted by Gasteiger charge is -2.11. The van der Waals surface area contributed by atoms with Crippen molar-refractivity contribution < 1.29 is 4.42 Å². The zero-order valence-corrected chi connectivity index (χ0v) is 27.7. The number of benzene rings is 7. The number of aromatic nitrogens is 4. The molecule has 0 bridgehead atoms. The Hall–Kier alpha value is -7.36. The first-order valence-corrected chi connectivity index (χ1v) is 17.1. The van der Waals surface area contributed by atoms with Crippen molar-refractivity contribution in [3.8, 4) is 57.0 Å². The second-order valence-corrected chi connectivity index (χ2v) is 12.7. The summed E-state index contributed by atoms with van der Waals surface area (Å²) in [6.45, 7) is 0. The van der Waals surface area contributed by atoms with Crippen LogP contribution in [-0.4, -0.2) is 19.5 Å². The van der Waals surface area contributed by atoms with E-state index in [2.05, 4.69) is 114 Å². The van der Waals surface area contributed by atoms with Gasteiger partial charge in [0.15, 0.2) is 17.5 Å². The van der Waals surface area contributed by atoms with Gasteiger partial charge in [-0.3, -0.25) is 0 Å². The summed E-state index contributed by atoms with van der Waals surface area (Å²) in [5, 5.41) is 13.9. The van der Waals surface area contributed by atoms with Crippen LogP contribution in [0.3, 0.4) is 0 Å². The van der Waals surface area contributed by atoms with Crippen LogP contribution < -0.4 is 0 Å². The third-order valence-corrected chi connectivity index (χ3v) is 9.71. The predicted octanol–water partition coefficient (Wildman–Crippen LogP) is 11.4. The van der Waals surface area contributed by atoms with Gasteiger partial charge in [0.2, 0.25) is 0 Å². The normalized spacial score (nSPS) is 11.4. The number of nitrogens with zero attached hydrogens (tertiary/aromatic N) is 5. The van der Waals surface area contributed by atoms with Crippen LogP contribution in [0.4, 0.5) is 0 Å². The monoisotopic (exact) mass is 665 g/mol. The van der Waals surface area contributed by atoms with E-state index in [0.717, 1.165) is 66.1 Å². The molecule has 0 unspecified atom stereocenters. The van der Waals surface area contributed by atoms with Gasteiger partial charge in [-0.1, -0.05) is 109 Å². The zero-order chi connectivity index (χ0) is 34.6. The zero-order valence-electron chi connectivity index (χ0n) is 27.7. The first-order valence-electron chi connectivity index (χ1n) is 17.1. The van der Waals surface area contributed by atoms with Gasteiger partial charge in [-0.15, -0.1) is 0 Å². The lowest BCUT2D eigenvalue weighted by atomic mass is 10.0. The van der Waals surface area contributed by atoms with Gasteiger partial charge in [0, 0.05) is 43.9 Å². The number of furan rings is 1. The molecular weight excluding hydrogens is 639 g/mol. The van der Waals surface area contributed by atoms with E-state index in [4.69, 9.17) is 19.4 Å². The number of hydrogen-bond donors (Lipinski definition) is 0. The van der Waals surface area contributed by atoms with Gasteiger partial charge in [0.05, 0.1) is 22.7 Å². The molecule has 7 aromatic carbocycles. The van der Waals surface area contributed by atoms with Gasteiger partial charge in [-0.05, 0) is 65.7 Å². The maximum absolute atomic E-state index is 10.1. The predicted molar refractivity (Wildman–Crippen MR) is 208 cm³/mol. The Labute approximate surface area is 298 Å². The van der Waals surface area contributed by atoms with Gasteiger partial charge >= 0.3 is 0 Å². The summed E-state index contributed by atoms with van der Waals surface area (Å²) in [6.07, 6.45) is 0. The van der Waals surface area contributed by atoms with Gasteiger partial charge in [-0.25, -0.2) is 15.0 Å². The summed E-state index contributed by atoms with van der Waals surface area (Å²) in [5.74, 6) is 1.60. The highest BCUT2D eigenvalue weighted by Crippen LogP contribution is 2.39. The molecule has 10 aromatic rings. The Kier molecular flexibility index (Phi) is 6.76. The Bertz CT molecular complexity index is 3010. The van der Waals surface area contributed by atoms with Crippen molar-refractivity contribution in [1.82, 2.24) is 19.5 Å². The third kappa shape index (κ3) is 4.76. The molecule has 0 atom stereocenters. The van der Waals surface area contributed by atoms with Gasteiger partial charge in [0.25, 0.3) is 0 Å². The average Bonchev–Trinajstić information content (AvgIpc) is 3.77. The fourth-order valence-corrected chi connectivity index (χ4v) is 7.31. The van der Waals surface area contributed by atoms with Crippen LogP contribution in [0.5, 0.6) is 0 Å². The molecule has 52 heavy (non-hydrogen) atoms. The van der Waals surface area contributed by atoms with Gasteiger partial charge in [-0.2, -0.15) is 5.26 Å². The Morgan fingerprint density at radius 2 is 1.06 bits per heavy atom. The summed E-state index contributed by atoms with van der Waals surface area (Å²) in [7, 11) is 0. The molecule has 0 saturated heterocycles. The van der Waals surface area contributed by atoms with Crippen LogP contribution in [0.2, 0.25) is 0 Å². The number of fused-ring (bicyclic) bond motifs is 6. The standard InChI is InChI=1S/C46H27N5O/c47-28-33-13-9-19-40-42(33)43-36(17-10-20-41(43)52-40)46-49-44(31-23-21-30(22-24-31)29-11-3-1-4-12-29)48-45(50-46)32-25-26-39-37(27-32)35-16-7-8-18-38(35)51(39)34-14-5-2-6-15-34/h1-27H. The minimum Gasteiger partial charge on any atom is -0.456 e. The van der Waals surface area contributed by atoms with Crippen molar-refractivity contribution in [3.63, 3.8) is 0 Å². The van der Waals surface area contributed by atoms with Crippen LogP contribution >= 0.6 is 0 Å². The highest BCUT2D eigenvalue weighted by molar-refractivity contribution is 6.14. The van der Waals surface area contributed by atoms with Crippen molar-refractivity contribution in [2.75, 3.05) is 0 Å². The van der Waals surface area contributed by atoms with Crippen molar-refractivity contribution >= 4 is 43.7 Å². The molecule has 0 aliphatic rings. The van der Waals surface area contributed by atoms with Gasteiger partial charge in [0.1, 0.15) is 11.2 Å². The Balaban J connectivity index is 1.21. The second kappa shape index (κ2) is 11.9. The summed E-state index contributed by atoms with van der Waals surface area (Å²) in [6, 6.07) is 57.7. The van der Waals surface area contributed by atoms with Crippen molar-refractivity contribution in [2.45, 2.75) is 0 Å². The number of hydrogen-bond acceptors (Lipinski definition) is 5. The van der Waals surface area contributed by atoms with E-state index in [9.17, 15) is 5.26 Å². The molecule has 0 aliphatic carbocycles. The van der Waals surface area contributed by atoms with E-state index < -0.39 is 0 Å². The van der Waals surface area contributed by atoms with E-state index >= 15 is 0 Å². The molecule has 3 aromatic heterocycles. The fourth-order valence-electron chi connectivity index (χ4n) is 7.31. The average molecular weight is 666 g/mol. The molecule has 0 fully saturated rings. The molecule has 10 rings (SSSR count). The van der Waals surface area contributed by atoms with Crippen LogP contribution in [0.1, 0.15) is 5.56 Å². The third-order valence-electron chi connectivity index (χ3n) is 9.71. The maximum atomic E-state index is 10.1. The van der Waals surface area contributed by atoms with Crippen molar-refractivity contribution in [1.29, 1.82) is 5.26 Å². The molecule has 0 aliphatic heterocycles. The maximum Gasteiger partial charge on any atom is 0.164 e. The molecule has 0 saturated carbocycles. The highest BCUT2D eigenvalue weighted by Gasteiger charge is 2.20. The molecule has 3 heterocycles. The lowest BCUT2D eigenvalue weighted by molar-refractivity contribution is 0.669. The number of rotatable bonds is 5. The summed E-state index contributed by atoms with van der Waals surface area (Å²) >= 11 is 0. The van der Waals surface area contributed by atoms with E-state index in [-0.39, 0.29) is 0 Å². The molecule has 0 radical (unpaired) electrons. The largest absolute Gasteiger partial charge is 0.456 e. The molecule has 0 N–H and O–H groups in total. The van der Waals surface area contributed by atoms with Crippen molar-refractivity contribution in [2.24, 2.45) is 0 Å². The van der Waals surface area contributed by atoms with E-state index in [1.165, 1.54) is 0 Å². The molecule has 6 heteroatoms. The van der Waals surface area contributed by atoms with E-state index in [1.54, 1.807) is 0 Å². The lowest BCUT2D eigenvalue weighted by Crippen LogP contribution is -2.00. The molecule has 242 valence electrons. The van der Waals surface area contributed by atoms with Gasteiger partial charge < -0.3 is 8.98 Å². The summed E-state index contributed by atoms with van der Waals surface area (Å²) < 4.78 is 8.54. The van der Waals surface area contributed by atoms with E-state index in [0.29, 0.717) is 34.2 Å². The Morgan fingerprint density at radius 3 is 1.85 bits per heavy atom. The molecule has 0 spiro atoms. The van der Waals surface area contributed by atoms with Crippen LogP contribution in [0.15, 0.2) is 168 Å². The molecule has 6 nitrogen and oxygen atoms in total. The first kappa shape index (κ1) is 29.5. The number of para-hydroxylation sites is 2. The second-order valence-electron chi connectivity index (χ2n) is 12.7. The molecular formula is C46H27N5O. The molecule has 0 amide bonds. The van der Waals surface area contributed by atoms with Crippen LogP contribution in [0.25, 0.3) is 94.7 Å². The van der Waals surface area contributed by atoms with Crippen molar-refractivity contribution in [3.05, 3.63) is 169 Å². The topological polar surface area (TPSA) is 80.5 Å². The smallest absolute Gasteiger partial charge is 0.164 e. The van der Waals surface area contributed by atoms with E-state index in [1.807, 2.05) is 60.7 Å².